The number of benzene rings is 2. The zero-order valence-electron chi connectivity index (χ0n) is 14.4. The van der Waals surface area contributed by atoms with Crippen LogP contribution in [-0.2, 0) is 11.3 Å². The van der Waals surface area contributed by atoms with Crippen LogP contribution in [0.3, 0.4) is 0 Å². The van der Waals surface area contributed by atoms with Crippen molar-refractivity contribution in [2.24, 2.45) is 0 Å². The third-order valence-corrected chi connectivity index (χ3v) is 3.91. The number of hydrogen-bond donors (Lipinski definition) is 0. The van der Waals surface area contributed by atoms with Gasteiger partial charge >= 0.3 is 0 Å². The third kappa shape index (κ3) is 4.64. The van der Waals surface area contributed by atoms with Crippen molar-refractivity contribution < 1.29 is 9.72 Å². The molecular weight excluding hydrogens is 342 g/mol. The van der Waals surface area contributed by atoms with Crippen LogP contribution in [0.15, 0.2) is 85.1 Å². The number of pyridine rings is 1. The number of carbonyl (C=O) groups is 1. The van der Waals surface area contributed by atoms with E-state index in [0.717, 1.165) is 5.56 Å². The van der Waals surface area contributed by atoms with Crippen LogP contribution in [0.2, 0.25) is 0 Å². The maximum absolute atomic E-state index is 12.8. The molecule has 0 atom stereocenters. The van der Waals surface area contributed by atoms with Gasteiger partial charge in [0.1, 0.15) is 5.82 Å². The van der Waals surface area contributed by atoms with Crippen molar-refractivity contribution in [1.82, 2.24) is 4.98 Å². The summed E-state index contributed by atoms with van der Waals surface area (Å²) in [7, 11) is 0. The quantitative estimate of drug-likeness (QED) is 0.375. The molecule has 2 aromatic carbocycles. The molecule has 0 N–H and O–H groups in total. The maximum atomic E-state index is 12.8. The Morgan fingerprint density at radius 1 is 1.00 bits per heavy atom. The SMILES string of the molecule is O=C(C=Cc1ccccc1[N+](=O)[O-])N(Cc1ccccc1)c1ccccn1. The molecule has 0 saturated carbocycles. The van der Waals surface area contributed by atoms with E-state index in [2.05, 4.69) is 4.98 Å². The van der Waals surface area contributed by atoms with Gasteiger partial charge < -0.3 is 0 Å². The molecule has 27 heavy (non-hydrogen) atoms. The van der Waals surface area contributed by atoms with Crippen LogP contribution in [0.25, 0.3) is 6.08 Å². The summed E-state index contributed by atoms with van der Waals surface area (Å²) >= 11 is 0. The normalized spacial score (nSPS) is 10.7. The summed E-state index contributed by atoms with van der Waals surface area (Å²) in [5, 5.41) is 11.1. The lowest BCUT2D eigenvalue weighted by Gasteiger charge is -2.20. The van der Waals surface area contributed by atoms with E-state index >= 15 is 0 Å². The fourth-order valence-electron chi connectivity index (χ4n) is 2.60. The summed E-state index contributed by atoms with van der Waals surface area (Å²) < 4.78 is 0. The highest BCUT2D eigenvalue weighted by molar-refractivity contribution is 6.03. The number of aromatic nitrogens is 1. The number of nitro groups is 1. The lowest BCUT2D eigenvalue weighted by molar-refractivity contribution is -0.385. The Morgan fingerprint density at radius 3 is 2.41 bits per heavy atom. The molecule has 0 unspecified atom stereocenters. The summed E-state index contributed by atoms with van der Waals surface area (Å²) in [6.45, 7) is 0.345. The molecule has 6 nitrogen and oxygen atoms in total. The second kappa shape index (κ2) is 8.53. The Kier molecular flexibility index (Phi) is 5.69. The Hall–Kier alpha value is -3.80. The highest BCUT2D eigenvalue weighted by atomic mass is 16.6. The van der Waals surface area contributed by atoms with Gasteiger partial charge in [0.05, 0.1) is 17.0 Å². The lowest BCUT2D eigenvalue weighted by atomic mass is 10.1. The molecule has 1 heterocycles. The van der Waals surface area contributed by atoms with Crippen molar-refractivity contribution in [2.45, 2.75) is 6.54 Å². The van der Waals surface area contributed by atoms with Gasteiger partial charge in [-0.05, 0) is 29.8 Å². The van der Waals surface area contributed by atoms with Gasteiger partial charge in [0.15, 0.2) is 0 Å². The summed E-state index contributed by atoms with van der Waals surface area (Å²) in [4.78, 5) is 29.3. The van der Waals surface area contributed by atoms with Gasteiger partial charge in [0.2, 0.25) is 0 Å². The number of rotatable bonds is 6. The first kappa shape index (κ1) is 18.0. The smallest absolute Gasteiger partial charge is 0.276 e. The van der Waals surface area contributed by atoms with Crippen molar-refractivity contribution in [3.05, 3.63) is 106 Å². The fourth-order valence-corrected chi connectivity index (χ4v) is 2.60. The van der Waals surface area contributed by atoms with E-state index < -0.39 is 4.92 Å². The van der Waals surface area contributed by atoms with E-state index in [9.17, 15) is 14.9 Å². The third-order valence-electron chi connectivity index (χ3n) is 3.91. The Morgan fingerprint density at radius 2 is 1.70 bits per heavy atom. The van der Waals surface area contributed by atoms with Crippen LogP contribution in [0.1, 0.15) is 11.1 Å². The molecule has 0 spiro atoms. The van der Waals surface area contributed by atoms with Gasteiger partial charge in [0.25, 0.3) is 11.6 Å². The van der Waals surface area contributed by atoms with Crippen LogP contribution in [0.5, 0.6) is 0 Å². The minimum absolute atomic E-state index is 0.0472. The van der Waals surface area contributed by atoms with Crippen LogP contribution in [0, 0.1) is 10.1 Å². The van der Waals surface area contributed by atoms with Gasteiger partial charge in [-0.1, -0.05) is 48.5 Å². The lowest BCUT2D eigenvalue weighted by Crippen LogP contribution is -2.29. The van der Waals surface area contributed by atoms with Crippen LogP contribution < -0.4 is 4.90 Å². The fraction of sp³-hybridized carbons (Fsp3) is 0.0476. The van der Waals surface area contributed by atoms with Crippen LogP contribution in [0.4, 0.5) is 11.5 Å². The molecule has 134 valence electrons. The maximum Gasteiger partial charge on any atom is 0.276 e. The first-order chi connectivity index (χ1) is 13.1. The van der Waals surface area contributed by atoms with Gasteiger partial charge in [-0.3, -0.25) is 19.8 Å². The minimum atomic E-state index is -0.468. The van der Waals surface area contributed by atoms with Gasteiger partial charge in [-0.25, -0.2) is 4.98 Å². The number of carbonyl (C=O) groups excluding carboxylic acids is 1. The number of para-hydroxylation sites is 1. The van der Waals surface area contributed by atoms with Crippen molar-refractivity contribution in [3.63, 3.8) is 0 Å². The summed E-state index contributed by atoms with van der Waals surface area (Å²) in [6.07, 6.45) is 4.41. The predicted molar refractivity (Wildman–Crippen MR) is 104 cm³/mol. The van der Waals surface area contributed by atoms with Gasteiger partial charge in [0, 0.05) is 18.3 Å². The first-order valence-corrected chi connectivity index (χ1v) is 8.33. The molecule has 0 aliphatic rings. The number of nitrogens with zero attached hydrogens (tertiary/aromatic N) is 3. The van der Waals surface area contributed by atoms with E-state index in [1.165, 1.54) is 23.1 Å². The molecule has 3 aromatic rings. The van der Waals surface area contributed by atoms with Crippen molar-refractivity contribution >= 4 is 23.5 Å². The molecule has 0 radical (unpaired) electrons. The molecule has 6 heteroatoms. The zero-order chi connectivity index (χ0) is 19.1. The van der Waals surface area contributed by atoms with Crippen LogP contribution in [-0.4, -0.2) is 15.8 Å². The molecule has 0 saturated heterocycles. The number of hydrogen-bond acceptors (Lipinski definition) is 4. The summed E-state index contributed by atoms with van der Waals surface area (Å²) in [5.41, 5.74) is 1.28. The zero-order valence-corrected chi connectivity index (χ0v) is 14.4. The topological polar surface area (TPSA) is 76.3 Å². The summed E-state index contributed by atoms with van der Waals surface area (Å²) in [5.74, 6) is 0.203. The number of amides is 1. The Labute approximate surface area is 156 Å². The first-order valence-electron chi connectivity index (χ1n) is 8.33. The molecule has 0 bridgehead atoms. The number of nitro benzene ring substituents is 1. The van der Waals surface area contributed by atoms with Crippen molar-refractivity contribution in [2.75, 3.05) is 4.90 Å². The molecule has 1 amide bonds. The number of anilines is 1. The van der Waals surface area contributed by atoms with E-state index in [1.54, 1.807) is 42.6 Å². The second-order valence-electron chi connectivity index (χ2n) is 5.75. The predicted octanol–water partition coefficient (Wildman–Crippen LogP) is 4.24. The van der Waals surface area contributed by atoms with Crippen LogP contribution >= 0.6 is 0 Å². The molecule has 0 aliphatic carbocycles. The van der Waals surface area contributed by atoms with Crippen molar-refractivity contribution in [1.29, 1.82) is 0 Å². The molecule has 0 fully saturated rings. The van der Waals surface area contributed by atoms with Gasteiger partial charge in [-0.2, -0.15) is 0 Å². The van der Waals surface area contributed by atoms with Gasteiger partial charge in [-0.15, -0.1) is 0 Å². The second-order valence-corrected chi connectivity index (χ2v) is 5.75. The van der Waals surface area contributed by atoms with E-state index in [4.69, 9.17) is 0 Å². The average Bonchev–Trinajstić information content (AvgIpc) is 2.72. The Balaban J connectivity index is 1.88. The monoisotopic (exact) mass is 359 g/mol. The molecule has 1 aromatic heterocycles. The highest BCUT2D eigenvalue weighted by Crippen LogP contribution is 2.20. The minimum Gasteiger partial charge on any atom is -0.289 e. The molecule has 0 aliphatic heterocycles. The van der Waals surface area contributed by atoms with E-state index in [-0.39, 0.29) is 11.6 Å². The molecule has 3 rings (SSSR count). The van der Waals surface area contributed by atoms with E-state index in [1.807, 2.05) is 30.3 Å². The Bertz CT molecular complexity index is 957. The van der Waals surface area contributed by atoms with Crippen molar-refractivity contribution in [3.8, 4) is 0 Å². The highest BCUT2D eigenvalue weighted by Gasteiger charge is 2.16. The largest absolute Gasteiger partial charge is 0.289 e. The molecular formula is C21H17N3O3. The van der Waals surface area contributed by atoms with E-state index in [0.29, 0.717) is 17.9 Å². The summed E-state index contributed by atoms with van der Waals surface area (Å²) in [6, 6.07) is 21.2. The average molecular weight is 359 g/mol. The standard InChI is InChI=1S/C21H17N3O3/c25-21(14-13-18-10-4-5-11-19(18)24(26)27)23(20-12-6-7-15-22-20)16-17-8-2-1-3-9-17/h1-15H,16H2.